The van der Waals surface area contributed by atoms with Crippen molar-refractivity contribution in [2.75, 3.05) is 11.4 Å². The molecular weight excluding hydrogens is 356 g/mol. The Kier molecular flexibility index (Phi) is 3.39. The molecule has 0 spiro atoms. The molecule has 1 aliphatic rings. The Balaban J connectivity index is 2.08. The average Bonchev–Trinajstić information content (AvgIpc) is 2.38. The minimum absolute atomic E-state index is 0.989. The molecule has 2 aromatic rings. The second-order valence-corrected chi connectivity index (χ2v) is 6.11. The SMILES string of the molecule is Brc1cnc(N2CCCc3ccccc32)c(Br)c1. The van der Waals surface area contributed by atoms with E-state index in [2.05, 4.69) is 66.0 Å². The summed E-state index contributed by atoms with van der Waals surface area (Å²) in [4.78, 5) is 6.82. The van der Waals surface area contributed by atoms with Crippen LogP contribution in [0.25, 0.3) is 0 Å². The normalized spacial score (nSPS) is 14.4. The predicted octanol–water partition coefficient (Wildman–Crippen LogP) is 4.69. The van der Waals surface area contributed by atoms with Crippen LogP contribution in [-0.4, -0.2) is 11.5 Å². The fraction of sp³-hybridized carbons (Fsp3) is 0.214. The van der Waals surface area contributed by atoms with Gasteiger partial charge < -0.3 is 4.90 Å². The van der Waals surface area contributed by atoms with Crippen molar-refractivity contribution in [1.29, 1.82) is 0 Å². The van der Waals surface area contributed by atoms with Gasteiger partial charge in [-0.2, -0.15) is 0 Å². The number of hydrogen-bond acceptors (Lipinski definition) is 2. The Labute approximate surface area is 123 Å². The van der Waals surface area contributed by atoms with Crippen LogP contribution >= 0.6 is 31.9 Å². The van der Waals surface area contributed by atoms with Gasteiger partial charge in [-0.3, -0.25) is 0 Å². The zero-order chi connectivity index (χ0) is 12.5. The van der Waals surface area contributed by atoms with Crippen LogP contribution < -0.4 is 4.90 Å². The monoisotopic (exact) mass is 366 g/mol. The molecule has 1 aromatic heterocycles. The molecule has 1 aliphatic heterocycles. The number of para-hydroxylation sites is 1. The zero-order valence-corrected chi connectivity index (χ0v) is 12.9. The van der Waals surface area contributed by atoms with Crippen molar-refractivity contribution in [3.8, 4) is 0 Å². The van der Waals surface area contributed by atoms with Crippen LogP contribution in [0.4, 0.5) is 11.5 Å². The number of rotatable bonds is 1. The van der Waals surface area contributed by atoms with Gasteiger partial charge in [-0.1, -0.05) is 18.2 Å². The smallest absolute Gasteiger partial charge is 0.147 e. The lowest BCUT2D eigenvalue weighted by Gasteiger charge is -2.31. The van der Waals surface area contributed by atoms with Gasteiger partial charge in [0, 0.05) is 22.9 Å². The molecule has 0 fully saturated rings. The number of pyridine rings is 1. The number of aryl methyl sites for hydroxylation is 1. The number of fused-ring (bicyclic) bond motifs is 1. The van der Waals surface area contributed by atoms with Gasteiger partial charge in [-0.25, -0.2) is 4.98 Å². The summed E-state index contributed by atoms with van der Waals surface area (Å²) >= 11 is 7.04. The molecule has 0 saturated heterocycles. The highest BCUT2D eigenvalue weighted by atomic mass is 79.9. The summed E-state index contributed by atoms with van der Waals surface area (Å²) in [5.74, 6) is 0.991. The standard InChI is InChI=1S/C14H12Br2N2/c15-11-8-12(16)14(17-9-11)18-7-3-5-10-4-1-2-6-13(10)18/h1-2,4,6,8-9H,3,5,7H2. The van der Waals surface area contributed by atoms with Crippen molar-refractivity contribution in [2.45, 2.75) is 12.8 Å². The predicted molar refractivity (Wildman–Crippen MR) is 81.4 cm³/mol. The first kappa shape index (κ1) is 12.2. The highest BCUT2D eigenvalue weighted by Crippen LogP contribution is 2.36. The van der Waals surface area contributed by atoms with E-state index in [0.29, 0.717) is 0 Å². The summed E-state index contributed by atoms with van der Waals surface area (Å²) in [6.45, 7) is 1.02. The topological polar surface area (TPSA) is 16.1 Å². The third kappa shape index (κ3) is 2.19. The van der Waals surface area contributed by atoms with E-state index >= 15 is 0 Å². The van der Waals surface area contributed by atoms with Crippen LogP contribution in [0.15, 0.2) is 45.5 Å². The van der Waals surface area contributed by atoms with Gasteiger partial charge in [0.2, 0.25) is 0 Å². The highest BCUT2D eigenvalue weighted by molar-refractivity contribution is 9.11. The van der Waals surface area contributed by atoms with Crippen molar-refractivity contribution < 1.29 is 0 Å². The van der Waals surface area contributed by atoms with Gasteiger partial charge in [-0.15, -0.1) is 0 Å². The largest absolute Gasteiger partial charge is 0.325 e. The van der Waals surface area contributed by atoms with E-state index in [1.54, 1.807) is 0 Å². The van der Waals surface area contributed by atoms with Crippen molar-refractivity contribution in [3.63, 3.8) is 0 Å². The molecule has 2 nitrogen and oxygen atoms in total. The summed E-state index contributed by atoms with van der Waals surface area (Å²) in [7, 11) is 0. The minimum atomic E-state index is 0.989. The summed E-state index contributed by atoms with van der Waals surface area (Å²) < 4.78 is 2.01. The van der Waals surface area contributed by atoms with Crippen LogP contribution in [0.2, 0.25) is 0 Å². The molecule has 2 heterocycles. The molecule has 0 radical (unpaired) electrons. The van der Waals surface area contributed by atoms with E-state index in [1.807, 2.05) is 12.3 Å². The minimum Gasteiger partial charge on any atom is -0.325 e. The maximum atomic E-state index is 4.53. The molecule has 0 aliphatic carbocycles. The Morgan fingerprint density at radius 1 is 1.17 bits per heavy atom. The Morgan fingerprint density at radius 3 is 2.83 bits per heavy atom. The van der Waals surface area contributed by atoms with Crippen molar-refractivity contribution >= 4 is 43.4 Å². The molecule has 0 atom stereocenters. The van der Waals surface area contributed by atoms with Crippen molar-refractivity contribution in [1.82, 2.24) is 4.98 Å². The third-order valence-corrected chi connectivity index (χ3v) is 4.17. The van der Waals surface area contributed by atoms with Gasteiger partial charge >= 0.3 is 0 Å². The van der Waals surface area contributed by atoms with Crippen LogP contribution in [0.1, 0.15) is 12.0 Å². The van der Waals surface area contributed by atoms with E-state index < -0.39 is 0 Å². The molecule has 0 bridgehead atoms. The van der Waals surface area contributed by atoms with Crippen LogP contribution in [0.5, 0.6) is 0 Å². The fourth-order valence-electron chi connectivity index (χ4n) is 2.36. The molecule has 4 heteroatoms. The van der Waals surface area contributed by atoms with E-state index in [9.17, 15) is 0 Å². The third-order valence-electron chi connectivity index (χ3n) is 3.15. The molecule has 18 heavy (non-hydrogen) atoms. The number of aromatic nitrogens is 1. The molecule has 0 N–H and O–H groups in total. The van der Waals surface area contributed by atoms with Crippen molar-refractivity contribution in [2.24, 2.45) is 0 Å². The van der Waals surface area contributed by atoms with E-state index in [0.717, 1.165) is 27.7 Å². The highest BCUT2D eigenvalue weighted by Gasteiger charge is 2.20. The summed E-state index contributed by atoms with van der Waals surface area (Å²) in [5, 5.41) is 0. The lowest BCUT2D eigenvalue weighted by Crippen LogP contribution is -2.25. The molecule has 0 saturated carbocycles. The molecule has 3 rings (SSSR count). The molecule has 0 amide bonds. The van der Waals surface area contributed by atoms with Gasteiger partial charge in [-0.05, 0) is 62.4 Å². The maximum Gasteiger partial charge on any atom is 0.147 e. The van der Waals surface area contributed by atoms with Crippen LogP contribution in [-0.2, 0) is 6.42 Å². The zero-order valence-electron chi connectivity index (χ0n) is 9.74. The fourth-order valence-corrected chi connectivity index (χ4v) is 3.56. The summed E-state index contributed by atoms with van der Waals surface area (Å²) in [5.41, 5.74) is 2.68. The maximum absolute atomic E-state index is 4.53. The first-order valence-corrected chi connectivity index (χ1v) is 7.51. The quantitative estimate of drug-likeness (QED) is 0.726. The first-order chi connectivity index (χ1) is 8.75. The van der Waals surface area contributed by atoms with Crippen LogP contribution in [0, 0.1) is 0 Å². The average molecular weight is 368 g/mol. The summed E-state index contributed by atoms with van der Waals surface area (Å²) in [6.07, 6.45) is 4.17. The van der Waals surface area contributed by atoms with E-state index in [1.165, 1.54) is 17.7 Å². The van der Waals surface area contributed by atoms with E-state index in [-0.39, 0.29) is 0 Å². The van der Waals surface area contributed by atoms with Crippen molar-refractivity contribution in [3.05, 3.63) is 51.0 Å². The first-order valence-electron chi connectivity index (χ1n) is 5.92. The number of hydrogen-bond donors (Lipinski definition) is 0. The summed E-state index contributed by atoms with van der Waals surface area (Å²) in [6, 6.07) is 10.6. The number of benzene rings is 1. The van der Waals surface area contributed by atoms with Gasteiger partial charge in [0.25, 0.3) is 0 Å². The number of nitrogens with zero attached hydrogens (tertiary/aromatic N) is 2. The lowest BCUT2D eigenvalue weighted by atomic mass is 10.0. The second kappa shape index (κ2) is 5.02. The lowest BCUT2D eigenvalue weighted by molar-refractivity contribution is 0.758. The Morgan fingerprint density at radius 2 is 2.00 bits per heavy atom. The molecule has 0 unspecified atom stereocenters. The van der Waals surface area contributed by atoms with Gasteiger partial charge in [0.05, 0.1) is 4.47 Å². The van der Waals surface area contributed by atoms with Crippen LogP contribution in [0.3, 0.4) is 0 Å². The molecule has 1 aromatic carbocycles. The van der Waals surface area contributed by atoms with Gasteiger partial charge in [0.15, 0.2) is 0 Å². The Bertz CT molecular complexity index is 584. The molecule has 92 valence electrons. The Hall–Kier alpha value is -0.870. The van der Waals surface area contributed by atoms with Gasteiger partial charge in [0.1, 0.15) is 5.82 Å². The second-order valence-electron chi connectivity index (χ2n) is 4.34. The van der Waals surface area contributed by atoms with E-state index in [4.69, 9.17) is 0 Å². The molecular formula is C14H12Br2N2. The number of halogens is 2. The number of anilines is 2.